The number of rotatable bonds is 4. The number of cyclic esters (lactones) is 2. The summed E-state index contributed by atoms with van der Waals surface area (Å²) in [6, 6.07) is 13.8. The molecule has 182 valence electrons. The summed E-state index contributed by atoms with van der Waals surface area (Å²) in [7, 11) is 1.91. The summed E-state index contributed by atoms with van der Waals surface area (Å²) >= 11 is 3.53. The van der Waals surface area contributed by atoms with Gasteiger partial charge in [-0.3, -0.25) is 4.79 Å². The summed E-state index contributed by atoms with van der Waals surface area (Å²) in [5.74, 6) is -1.46. The van der Waals surface area contributed by atoms with Crippen LogP contribution in [-0.2, 0) is 43.9 Å². The second-order valence-electron chi connectivity index (χ2n) is 9.39. The Bertz CT molecular complexity index is 1640. The van der Waals surface area contributed by atoms with Gasteiger partial charge in [-0.2, -0.15) is 0 Å². The highest BCUT2D eigenvalue weighted by Crippen LogP contribution is 2.44. The highest BCUT2D eigenvalue weighted by atomic mass is 79.9. The molecule has 2 aliphatic heterocycles. The van der Waals surface area contributed by atoms with Crippen molar-refractivity contribution in [2.24, 2.45) is 13.0 Å². The van der Waals surface area contributed by atoms with E-state index in [-0.39, 0.29) is 17.5 Å². The first-order chi connectivity index (χ1) is 17.3. The van der Waals surface area contributed by atoms with Crippen LogP contribution in [0.4, 0.5) is 0 Å². The highest BCUT2D eigenvalue weighted by molar-refractivity contribution is 9.10. The minimum atomic E-state index is -0.640. The number of esters is 3. The number of fused-ring (bicyclic) bond motifs is 4. The molecule has 0 N–H and O–H groups in total. The van der Waals surface area contributed by atoms with Crippen molar-refractivity contribution in [1.82, 2.24) is 9.13 Å². The maximum absolute atomic E-state index is 13.3. The summed E-state index contributed by atoms with van der Waals surface area (Å²) in [6.45, 7) is 2.46. The zero-order valence-corrected chi connectivity index (χ0v) is 21.4. The first-order valence-electron chi connectivity index (χ1n) is 11.8. The van der Waals surface area contributed by atoms with Crippen LogP contribution in [0.3, 0.4) is 0 Å². The van der Waals surface area contributed by atoms with Crippen LogP contribution >= 0.6 is 15.9 Å². The van der Waals surface area contributed by atoms with Crippen molar-refractivity contribution in [2.45, 2.75) is 26.3 Å². The van der Waals surface area contributed by atoms with Crippen LogP contribution in [0.15, 0.2) is 53.1 Å². The lowest BCUT2D eigenvalue weighted by molar-refractivity contribution is -0.149. The maximum Gasteiger partial charge on any atom is 0.347 e. The molecule has 8 heteroatoms. The number of aryl methyl sites for hydroxylation is 2. The zero-order chi connectivity index (χ0) is 25.1. The predicted octanol–water partition coefficient (Wildman–Crippen LogP) is 5.02. The third-order valence-electron chi connectivity index (χ3n) is 7.16. The molecule has 4 aromatic rings. The number of halogens is 1. The van der Waals surface area contributed by atoms with Crippen molar-refractivity contribution < 1.29 is 23.9 Å². The topological polar surface area (TPSA) is 79.5 Å². The number of benzene rings is 2. The maximum atomic E-state index is 13.3. The zero-order valence-electron chi connectivity index (χ0n) is 19.8. The first kappa shape index (κ1) is 22.8. The first-order valence-corrected chi connectivity index (χ1v) is 12.6. The average Bonchev–Trinajstić information content (AvgIpc) is 3.45. The van der Waals surface area contributed by atoms with Crippen molar-refractivity contribution in [3.05, 3.63) is 70.0 Å². The van der Waals surface area contributed by atoms with Gasteiger partial charge in [0.1, 0.15) is 0 Å². The number of aromatic nitrogens is 2. The summed E-state index contributed by atoms with van der Waals surface area (Å²) in [5, 5.41) is 1.76. The Morgan fingerprint density at radius 1 is 1.08 bits per heavy atom. The summed E-state index contributed by atoms with van der Waals surface area (Å²) in [4.78, 5) is 37.9. The molecule has 0 amide bonds. The Kier molecular flexibility index (Phi) is 5.37. The SMILES string of the molecule is CC(=O)OCC1CCn2c(c(C3=C(c4cn(C)c5ccc(Br)cc45)C(=O)OC3=O)c3ccccc32)C1. The Hall–Kier alpha value is -3.65. The van der Waals surface area contributed by atoms with Crippen LogP contribution in [-0.4, -0.2) is 33.6 Å². The third kappa shape index (κ3) is 3.51. The fraction of sp³-hybridized carbons (Fsp3) is 0.250. The van der Waals surface area contributed by atoms with E-state index in [0.29, 0.717) is 24.2 Å². The third-order valence-corrected chi connectivity index (χ3v) is 7.65. The van der Waals surface area contributed by atoms with Gasteiger partial charge in [-0.1, -0.05) is 34.1 Å². The van der Waals surface area contributed by atoms with Gasteiger partial charge in [0.15, 0.2) is 0 Å². The molecule has 1 atom stereocenters. The van der Waals surface area contributed by atoms with Gasteiger partial charge in [0, 0.05) is 75.7 Å². The Balaban J connectivity index is 1.62. The quantitative estimate of drug-likeness (QED) is 0.265. The Morgan fingerprint density at radius 2 is 1.86 bits per heavy atom. The van der Waals surface area contributed by atoms with Crippen LogP contribution in [0.5, 0.6) is 0 Å². The smallest absolute Gasteiger partial charge is 0.347 e. The number of carbonyl (C=O) groups excluding carboxylic acids is 3. The molecule has 0 aliphatic carbocycles. The molecular formula is C28H23BrN2O5. The van der Waals surface area contributed by atoms with Crippen molar-refractivity contribution >= 4 is 66.8 Å². The molecule has 6 rings (SSSR count). The van der Waals surface area contributed by atoms with Crippen molar-refractivity contribution in [3.63, 3.8) is 0 Å². The number of carbonyl (C=O) groups is 3. The van der Waals surface area contributed by atoms with E-state index in [4.69, 9.17) is 9.47 Å². The molecule has 0 fully saturated rings. The molecule has 0 saturated heterocycles. The van der Waals surface area contributed by atoms with Gasteiger partial charge in [-0.15, -0.1) is 0 Å². The van der Waals surface area contributed by atoms with E-state index >= 15 is 0 Å². The van der Waals surface area contributed by atoms with Gasteiger partial charge in [0.2, 0.25) is 0 Å². The molecule has 2 aliphatic rings. The molecule has 4 heterocycles. The van der Waals surface area contributed by atoms with E-state index in [1.807, 2.05) is 60.3 Å². The minimum Gasteiger partial charge on any atom is -0.466 e. The summed E-state index contributed by atoms with van der Waals surface area (Å²) in [6.07, 6.45) is 3.35. The van der Waals surface area contributed by atoms with E-state index in [1.54, 1.807) is 0 Å². The van der Waals surface area contributed by atoms with E-state index in [2.05, 4.69) is 20.5 Å². The van der Waals surface area contributed by atoms with E-state index < -0.39 is 11.9 Å². The van der Waals surface area contributed by atoms with Crippen LogP contribution in [0.2, 0.25) is 0 Å². The average molecular weight is 547 g/mol. The van der Waals surface area contributed by atoms with Crippen LogP contribution in [0.1, 0.15) is 30.2 Å². The number of ether oxygens (including phenoxy) is 2. The molecule has 7 nitrogen and oxygen atoms in total. The molecule has 36 heavy (non-hydrogen) atoms. The Morgan fingerprint density at radius 3 is 2.67 bits per heavy atom. The van der Waals surface area contributed by atoms with Gasteiger partial charge in [-0.25, -0.2) is 9.59 Å². The van der Waals surface area contributed by atoms with E-state index in [9.17, 15) is 14.4 Å². The second-order valence-corrected chi connectivity index (χ2v) is 10.3. The largest absolute Gasteiger partial charge is 0.466 e. The number of para-hydroxylation sites is 1. The molecule has 0 saturated carbocycles. The molecule has 2 aromatic heterocycles. The number of nitrogens with zero attached hydrogens (tertiary/aromatic N) is 2. The van der Waals surface area contributed by atoms with Crippen molar-refractivity contribution in [3.8, 4) is 0 Å². The van der Waals surface area contributed by atoms with Gasteiger partial charge >= 0.3 is 17.9 Å². The highest BCUT2D eigenvalue weighted by Gasteiger charge is 2.40. The summed E-state index contributed by atoms with van der Waals surface area (Å²) in [5.41, 5.74) is 4.88. The van der Waals surface area contributed by atoms with Crippen molar-refractivity contribution in [1.29, 1.82) is 0 Å². The van der Waals surface area contributed by atoms with Crippen molar-refractivity contribution in [2.75, 3.05) is 6.61 Å². The lowest BCUT2D eigenvalue weighted by atomic mass is 9.89. The predicted molar refractivity (Wildman–Crippen MR) is 139 cm³/mol. The van der Waals surface area contributed by atoms with Gasteiger partial charge in [-0.05, 0) is 37.1 Å². The standard InChI is InChI=1S/C28H23BrN2O5/c1-15(32)35-14-16-9-10-31-22-6-4-3-5-18(22)24(23(31)11-16)26-25(27(33)36-28(26)34)20-13-30(2)21-8-7-17(29)12-19(20)21/h3-8,12-13,16H,9-11,14H2,1-2H3. The van der Waals surface area contributed by atoms with Gasteiger partial charge < -0.3 is 18.6 Å². The number of hydrogen-bond donors (Lipinski definition) is 0. The van der Waals surface area contributed by atoms with Crippen LogP contribution in [0.25, 0.3) is 33.0 Å². The monoisotopic (exact) mass is 546 g/mol. The summed E-state index contributed by atoms with van der Waals surface area (Å²) < 4.78 is 15.6. The molecular weight excluding hydrogens is 524 g/mol. The lowest BCUT2D eigenvalue weighted by Crippen LogP contribution is -2.24. The van der Waals surface area contributed by atoms with Crippen LogP contribution < -0.4 is 0 Å². The molecule has 2 aromatic carbocycles. The fourth-order valence-electron chi connectivity index (χ4n) is 5.59. The fourth-order valence-corrected chi connectivity index (χ4v) is 5.95. The molecule has 0 bridgehead atoms. The van der Waals surface area contributed by atoms with E-state index in [0.717, 1.165) is 50.5 Å². The van der Waals surface area contributed by atoms with Crippen LogP contribution in [0, 0.1) is 5.92 Å². The van der Waals surface area contributed by atoms with E-state index in [1.165, 1.54) is 6.92 Å². The van der Waals surface area contributed by atoms with Gasteiger partial charge in [0.25, 0.3) is 0 Å². The van der Waals surface area contributed by atoms with Gasteiger partial charge in [0.05, 0.1) is 17.8 Å². The second kappa shape index (κ2) is 8.48. The molecule has 0 spiro atoms. The minimum absolute atomic E-state index is 0.121. The lowest BCUT2D eigenvalue weighted by Gasteiger charge is -2.25. The Labute approximate surface area is 215 Å². The number of hydrogen-bond acceptors (Lipinski definition) is 5. The molecule has 1 unspecified atom stereocenters. The normalized spacial score (nSPS) is 17.7. The molecule has 0 radical (unpaired) electrons.